The average molecular weight is 499 g/mol. The second-order valence-corrected chi connectivity index (χ2v) is 8.86. The van der Waals surface area contributed by atoms with Crippen molar-refractivity contribution in [3.63, 3.8) is 0 Å². The monoisotopic (exact) mass is 497 g/mol. The molecule has 0 saturated heterocycles. The van der Waals surface area contributed by atoms with Gasteiger partial charge in [-0.05, 0) is 30.3 Å². The molecule has 0 bridgehead atoms. The molecule has 1 aliphatic rings. The fourth-order valence-electron chi connectivity index (χ4n) is 3.20. The van der Waals surface area contributed by atoms with E-state index in [1.165, 1.54) is 11.3 Å². The zero-order chi connectivity index (χ0) is 20.7. The molecule has 0 atom stereocenters. The minimum Gasteiger partial charge on any atom is -0.325 e. The van der Waals surface area contributed by atoms with Gasteiger partial charge >= 0.3 is 0 Å². The summed E-state index contributed by atoms with van der Waals surface area (Å²) in [5.74, 6) is 0.293. The third kappa shape index (κ3) is 3.81. The normalized spacial score (nSPS) is 12.5. The van der Waals surface area contributed by atoms with Crippen LogP contribution in [0.15, 0.2) is 58.5 Å². The van der Waals surface area contributed by atoms with E-state index in [-0.39, 0.29) is 12.3 Å². The van der Waals surface area contributed by atoms with Crippen molar-refractivity contribution in [2.75, 3.05) is 10.6 Å². The van der Waals surface area contributed by atoms with E-state index in [9.17, 15) is 4.79 Å². The zero-order valence-corrected chi connectivity index (χ0v) is 18.5. The molecule has 3 heterocycles. The van der Waals surface area contributed by atoms with Gasteiger partial charge in [-0.1, -0.05) is 39.7 Å². The number of nitrogens with zero attached hydrogens (tertiary/aromatic N) is 3. The molecule has 148 valence electrons. The van der Waals surface area contributed by atoms with Gasteiger partial charge in [-0.2, -0.15) is 0 Å². The lowest BCUT2D eigenvalue weighted by molar-refractivity contribution is -0.115. The van der Waals surface area contributed by atoms with Crippen molar-refractivity contribution < 1.29 is 4.79 Å². The number of carbonyl (C=O) groups excluding carboxylic acids is 1. The van der Waals surface area contributed by atoms with Crippen LogP contribution in [0, 0.1) is 0 Å². The van der Waals surface area contributed by atoms with E-state index in [4.69, 9.17) is 11.6 Å². The van der Waals surface area contributed by atoms with Crippen molar-refractivity contribution in [3.8, 4) is 22.5 Å². The number of anilines is 3. The van der Waals surface area contributed by atoms with Crippen LogP contribution >= 0.6 is 38.9 Å². The first-order valence-corrected chi connectivity index (χ1v) is 11.0. The maximum absolute atomic E-state index is 12.2. The number of aromatic nitrogens is 3. The number of carbonyl (C=O) groups is 1. The van der Waals surface area contributed by atoms with Crippen molar-refractivity contribution >= 4 is 61.5 Å². The summed E-state index contributed by atoms with van der Waals surface area (Å²) in [7, 11) is 0. The van der Waals surface area contributed by atoms with E-state index in [1.54, 1.807) is 18.3 Å². The Hall–Kier alpha value is -2.81. The van der Waals surface area contributed by atoms with Gasteiger partial charge in [0.2, 0.25) is 11.9 Å². The Morgan fingerprint density at radius 1 is 1.13 bits per heavy atom. The lowest BCUT2D eigenvalue weighted by Crippen LogP contribution is -2.12. The number of hydrogen-bond donors (Lipinski definition) is 2. The summed E-state index contributed by atoms with van der Waals surface area (Å²) in [5, 5.41) is 9.27. The van der Waals surface area contributed by atoms with Crippen molar-refractivity contribution in [1.29, 1.82) is 0 Å². The van der Waals surface area contributed by atoms with Crippen LogP contribution < -0.4 is 10.6 Å². The summed E-state index contributed by atoms with van der Waals surface area (Å²) in [6.45, 7) is 0. The van der Waals surface area contributed by atoms with E-state index in [1.807, 2.05) is 35.7 Å². The number of nitrogens with one attached hydrogen (secondary N) is 2. The van der Waals surface area contributed by atoms with Crippen LogP contribution in [-0.4, -0.2) is 20.9 Å². The van der Waals surface area contributed by atoms with Crippen molar-refractivity contribution in [3.05, 3.63) is 69.1 Å². The first-order valence-electron chi connectivity index (χ1n) is 8.99. The third-order valence-corrected chi connectivity index (χ3v) is 6.11. The van der Waals surface area contributed by atoms with Gasteiger partial charge in [0.15, 0.2) is 5.13 Å². The Labute approximate surface area is 189 Å². The van der Waals surface area contributed by atoms with Gasteiger partial charge in [0, 0.05) is 37.8 Å². The van der Waals surface area contributed by atoms with Gasteiger partial charge in [0.1, 0.15) is 0 Å². The molecule has 0 radical (unpaired) electrons. The van der Waals surface area contributed by atoms with Gasteiger partial charge < -0.3 is 10.6 Å². The Morgan fingerprint density at radius 2 is 1.97 bits per heavy atom. The number of thiazole rings is 1. The standard InChI is InChI=1S/C21H13BrClN5OS/c22-13-3-1-11(2-4-13)17-10-30-21(26-17)28-20-24-9-12-7-18(29)25-16-8-14(23)5-6-15(16)19(12)27-20/h1-6,8-10H,7H2,(H,25,29)(H,24,26,27,28). The molecule has 2 N–H and O–H groups in total. The first kappa shape index (κ1) is 19.2. The molecule has 6 nitrogen and oxygen atoms in total. The minimum atomic E-state index is -0.124. The second kappa shape index (κ2) is 7.79. The van der Waals surface area contributed by atoms with Crippen LogP contribution in [0.4, 0.5) is 16.8 Å². The van der Waals surface area contributed by atoms with Crippen LogP contribution in [0.5, 0.6) is 0 Å². The smallest absolute Gasteiger partial charge is 0.229 e. The molecule has 0 fully saturated rings. The number of amides is 1. The van der Waals surface area contributed by atoms with Gasteiger partial charge in [0.05, 0.1) is 23.5 Å². The van der Waals surface area contributed by atoms with E-state index in [0.29, 0.717) is 27.5 Å². The SMILES string of the molecule is O=C1Cc2cnc(Nc3nc(-c4ccc(Br)cc4)cs3)nc2-c2ccc(Cl)cc2N1. The molecule has 5 rings (SSSR count). The maximum atomic E-state index is 12.2. The topological polar surface area (TPSA) is 79.8 Å². The molecule has 2 aromatic carbocycles. The molecule has 30 heavy (non-hydrogen) atoms. The van der Waals surface area contributed by atoms with Crippen molar-refractivity contribution in [2.24, 2.45) is 0 Å². The molecule has 2 aromatic heterocycles. The lowest BCUT2D eigenvalue weighted by Gasteiger charge is -2.09. The molecule has 4 aromatic rings. The molecule has 1 aliphatic heterocycles. The number of fused-ring (bicyclic) bond motifs is 3. The Morgan fingerprint density at radius 3 is 2.80 bits per heavy atom. The highest BCUT2D eigenvalue weighted by atomic mass is 79.9. The Bertz CT molecular complexity index is 1270. The molecule has 1 amide bonds. The van der Waals surface area contributed by atoms with Gasteiger partial charge in [-0.3, -0.25) is 4.79 Å². The predicted molar refractivity (Wildman–Crippen MR) is 123 cm³/mol. The van der Waals surface area contributed by atoms with Crippen LogP contribution in [0.2, 0.25) is 5.02 Å². The molecule has 9 heteroatoms. The highest BCUT2D eigenvalue weighted by Crippen LogP contribution is 2.35. The number of hydrogen-bond acceptors (Lipinski definition) is 6. The van der Waals surface area contributed by atoms with E-state index in [2.05, 4.69) is 41.5 Å². The zero-order valence-electron chi connectivity index (χ0n) is 15.3. The summed E-state index contributed by atoms with van der Waals surface area (Å²) >= 11 is 11.0. The largest absolute Gasteiger partial charge is 0.325 e. The van der Waals surface area contributed by atoms with Gasteiger partial charge in [0.25, 0.3) is 0 Å². The fourth-order valence-corrected chi connectivity index (χ4v) is 4.35. The van der Waals surface area contributed by atoms with Gasteiger partial charge in [-0.25, -0.2) is 15.0 Å². The number of benzene rings is 2. The number of halogens is 2. The molecule has 0 unspecified atom stereocenters. The molecular formula is C21H13BrClN5OS. The Balaban J connectivity index is 1.47. The van der Waals surface area contributed by atoms with Crippen LogP contribution in [-0.2, 0) is 11.2 Å². The Kier molecular flexibility index (Phi) is 4.98. The molecule has 0 aliphatic carbocycles. The highest BCUT2D eigenvalue weighted by molar-refractivity contribution is 9.10. The average Bonchev–Trinajstić information content (AvgIpc) is 3.13. The second-order valence-electron chi connectivity index (χ2n) is 6.65. The molecule has 0 spiro atoms. The molecular weight excluding hydrogens is 486 g/mol. The minimum absolute atomic E-state index is 0.124. The van der Waals surface area contributed by atoms with Crippen LogP contribution in [0.3, 0.4) is 0 Å². The highest BCUT2D eigenvalue weighted by Gasteiger charge is 2.21. The third-order valence-electron chi connectivity index (χ3n) is 4.59. The maximum Gasteiger partial charge on any atom is 0.229 e. The first-order chi connectivity index (χ1) is 14.5. The predicted octanol–water partition coefficient (Wildman–Crippen LogP) is 5.92. The van der Waals surface area contributed by atoms with Crippen LogP contribution in [0.1, 0.15) is 5.56 Å². The number of rotatable bonds is 3. The van der Waals surface area contributed by atoms with Crippen molar-refractivity contribution in [2.45, 2.75) is 6.42 Å². The summed E-state index contributed by atoms with van der Waals surface area (Å²) in [6.07, 6.45) is 1.88. The molecule has 0 saturated carbocycles. The lowest BCUT2D eigenvalue weighted by atomic mass is 10.1. The fraction of sp³-hybridized carbons (Fsp3) is 0.0476. The summed E-state index contributed by atoms with van der Waals surface area (Å²) in [6, 6.07) is 13.3. The summed E-state index contributed by atoms with van der Waals surface area (Å²) in [5.41, 5.74) is 4.80. The summed E-state index contributed by atoms with van der Waals surface area (Å²) in [4.78, 5) is 25.9. The van der Waals surface area contributed by atoms with Crippen molar-refractivity contribution in [1.82, 2.24) is 15.0 Å². The quantitative estimate of drug-likeness (QED) is 0.366. The van der Waals surface area contributed by atoms with E-state index in [0.717, 1.165) is 26.9 Å². The van der Waals surface area contributed by atoms with E-state index < -0.39 is 0 Å². The van der Waals surface area contributed by atoms with Crippen LogP contribution in [0.25, 0.3) is 22.5 Å². The van der Waals surface area contributed by atoms with Gasteiger partial charge in [-0.15, -0.1) is 11.3 Å². The summed E-state index contributed by atoms with van der Waals surface area (Å²) < 4.78 is 1.02. The van der Waals surface area contributed by atoms with E-state index >= 15 is 0 Å².